The second kappa shape index (κ2) is 9.71. The first kappa shape index (κ1) is 23.3. The maximum Gasteiger partial charge on any atom is 0.252 e. The van der Waals surface area contributed by atoms with Gasteiger partial charge in [0.2, 0.25) is 10.0 Å². The van der Waals surface area contributed by atoms with Crippen LogP contribution in [0.3, 0.4) is 0 Å². The van der Waals surface area contributed by atoms with Crippen LogP contribution in [0.15, 0.2) is 53.4 Å². The molecule has 0 aliphatic carbocycles. The Morgan fingerprint density at radius 1 is 1.07 bits per heavy atom. The minimum Gasteiger partial charge on any atom is -0.350 e. The lowest BCUT2D eigenvalue weighted by molar-refractivity contribution is 0.0942. The van der Waals surface area contributed by atoms with Gasteiger partial charge in [0.05, 0.1) is 21.5 Å². The van der Waals surface area contributed by atoms with Crippen molar-refractivity contribution >= 4 is 27.5 Å². The van der Waals surface area contributed by atoms with Gasteiger partial charge in [-0.3, -0.25) is 4.79 Å². The Morgan fingerprint density at radius 3 is 2.24 bits per heavy atom. The third-order valence-corrected chi connectivity index (χ3v) is 7.21. The smallest absolute Gasteiger partial charge is 0.252 e. The minimum atomic E-state index is -3.71. The summed E-state index contributed by atoms with van der Waals surface area (Å²) in [6, 6.07) is 13.8. The molecule has 0 radical (unpaired) electrons. The highest BCUT2D eigenvalue weighted by Gasteiger charge is 2.25. The summed E-state index contributed by atoms with van der Waals surface area (Å²) >= 11 is 6.20. The number of hydrogen-bond donors (Lipinski definition) is 1. The summed E-state index contributed by atoms with van der Waals surface area (Å²) in [4.78, 5) is 14.8. The zero-order valence-electron chi connectivity index (χ0n) is 17.4. The molecule has 2 aromatic carbocycles. The summed E-state index contributed by atoms with van der Waals surface area (Å²) < 4.78 is 26.7. The fraction of sp³-hybridized carbons (Fsp3) is 0.381. The van der Waals surface area contributed by atoms with Crippen LogP contribution < -0.4 is 5.32 Å². The molecule has 0 aromatic heterocycles. The van der Waals surface area contributed by atoms with E-state index >= 15 is 0 Å². The fourth-order valence-corrected chi connectivity index (χ4v) is 4.44. The zero-order valence-corrected chi connectivity index (χ0v) is 19.0. The third-order valence-electron chi connectivity index (χ3n) is 4.85. The van der Waals surface area contributed by atoms with Gasteiger partial charge in [0.1, 0.15) is 0 Å². The Kier molecular flexibility index (Phi) is 7.82. The first-order valence-corrected chi connectivity index (χ1v) is 11.1. The summed E-state index contributed by atoms with van der Waals surface area (Å²) in [6.45, 7) is 3.92. The number of amides is 1. The van der Waals surface area contributed by atoms with Crippen molar-refractivity contribution in [2.24, 2.45) is 0 Å². The number of carbonyl (C=O) groups excluding carboxylic acids is 1. The van der Waals surface area contributed by atoms with E-state index in [0.717, 1.165) is 5.56 Å². The van der Waals surface area contributed by atoms with Crippen LogP contribution in [-0.2, 0) is 10.0 Å². The van der Waals surface area contributed by atoms with Gasteiger partial charge in [0.25, 0.3) is 5.91 Å². The van der Waals surface area contributed by atoms with Gasteiger partial charge in [-0.05, 0) is 51.7 Å². The average molecular weight is 438 g/mol. The van der Waals surface area contributed by atoms with Gasteiger partial charge >= 0.3 is 0 Å². The van der Waals surface area contributed by atoms with E-state index in [1.807, 2.05) is 49.3 Å². The molecule has 0 heterocycles. The number of nitrogens with zero attached hydrogens (tertiary/aromatic N) is 2. The summed E-state index contributed by atoms with van der Waals surface area (Å²) in [7, 11) is 1.67. The number of likely N-dealkylation sites (N-methyl/N-ethyl adjacent to an activating group) is 1. The highest BCUT2D eigenvalue weighted by atomic mass is 35.5. The Bertz CT molecular complexity index is 947. The minimum absolute atomic E-state index is 0.0297. The quantitative estimate of drug-likeness (QED) is 0.687. The lowest BCUT2D eigenvalue weighted by Gasteiger charge is -2.25. The molecule has 2 rings (SSSR count). The first-order valence-electron chi connectivity index (χ1n) is 9.33. The summed E-state index contributed by atoms with van der Waals surface area (Å²) in [5.74, 6) is -0.415. The normalized spacial score (nSPS) is 13.1. The lowest BCUT2D eigenvalue weighted by Crippen LogP contribution is -2.35. The molecule has 0 aliphatic rings. The predicted molar refractivity (Wildman–Crippen MR) is 117 cm³/mol. The molecule has 1 unspecified atom stereocenters. The fourth-order valence-electron chi connectivity index (χ4n) is 2.84. The van der Waals surface area contributed by atoms with Crippen LogP contribution in [0, 0.1) is 0 Å². The molecule has 1 atom stereocenters. The molecule has 8 heteroatoms. The van der Waals surface area contributed by atoms with E-state index in [2.05, 4.69) is 5.32 Å². The van der Waals surface area contributed by atoms with E-state index in [9.17, 15) is 13.2 Å². The second-order valence-corrected chi connectivity index (χ2v) is 9.76. The number of sulfonamides is 1. The van der Waals surface area contributed by atoms with E-state index in [4.69, 9.17) is 11.6 Å². The Balaban J connectivity index is 2.25. The molecule has 1 N–H and O–H groups in total. The van der Waals surface area contributed by atoms with Crippen molar-refractivity contribution in [3.63, 3.8) is 0 Å². The number of halogens is 1. The van der Waals surface area contributed by atoms with Crippen molar-refractivity contribution in [3.8, 4) is 0 Å². The van der Waals surface area contributed by atoms with Gasteiger partial charge in [-0.25, -0.2) is 8.42 Å². The number of rotatable bonds is 8. The maximum atomic E-state index is 12.8. The van der Waals surface area contributed by atoms with Gasteiger partial charge in [0, 0.05) is 19.6 Å². The van der Waals surface area contributed by atoms with Crippen molar-refractivity contribution in [2.75, 3.05) is 27.7 Å². The third kappa shape index (κ3) is 5.57. The highest BCUT2D eigenvalue weighted by molar-refractivity contribution is 7.89. The van der Waals surface area contributed by atoms with Crippen LogP contribution in [0.25, 0.3) is 0 Å². The summed E-state index contributed by atoms with van der Waals surface area (Å²) in [5.41, 5.74) is 1.20. The number of benzene rings is 2. The van der Waals surface area contributed by atoms with Gasteiger partial charge in [-0.15, -0.1) is 0 Å². The standard InChI is InChI=1S/C21H28ClN3O3S/c1-15(2)25(5)29(27,28)17-11-12-19(22)18(13-17)21(26)23-14-20(24(3)4)16-9-7-6-8-10-16/h6-13,15,20H,14H2,1-5H3,(H,23,26). The topological polar surface area (TPSA) is 69.7 Å². The number of carbonyl (C=O) groups is 1. The van der Waals surface area contributed by atoms with Crippen LogP contribution in [-0.4, -0.2) is 57.3 Å². The van der Waals surface area contributed by atoms with Gasteiger partial charge in [-0.2, -0.15) is 4.31 Å². The zero-order chi connectivity index (χ0) is 21.8. The van der Waals surface area contributed by atoms with Crippen molar-refractivity contribution in [3.05, 3.63) is 64.7 Å². The molecule has 0 bridgehead atoms. The van der Waals surface area contributed by atoms with Crippen LogP contribution in [0.2, 0.25) is 5.02 Å². The highest BCUT2D eigenvalue weighted by Crippen LogP contribution is 2.24. The lowest BCUT2D eigenvalue weighted by atomic mass is 10.1. The Hall–Kier alpha value is -1.93. The molecule has 158 valence electrons. The summed E-state index contributed by atoms with van der Waals surface area (Å²) in [5, 5.41) is 3.08. The van der Waals surface area contributed by atoms with Crippen LogP contribution in [0.5, 0.6) is 0 Å². The molecule has 0 saturated carbocycles. The summed E-state index contributed by atoms with van der Waals surface area (Å²) in [6.07, 6.45) is 0. The largest absolute Gasteiger partial charge is 0.350 e. The SMILES string of the molecule is CC(C)N(C)S(=O)(=O)c1ccc(Cl)c(C(=O)NCC(c2ccccc2)N(C)C)c1. The van der Waals surface area contributed by atoms with Crippen molar-refractivity contribution in [1.29, 1.82) is 0 Å². The Labute approximate surface area is 178 Å². The molecule has 2 aromatic rings. The molecule has 6 nitrogen and oxygen atoms in total. The molecule has 0 aliphatic heterocycles. The number of hydrogen-bond acceptors (Lipinski definition) is 4. The van der Waals surface area contributed by atoms with Gasteiger partial charge in [0.15, 0.2) is 0 Å². The van der Waals surface area contributed by atoms with Crippen molar-refractivity contribution < 1.29 is 13.2 Å². The van der Waals surface area contributed by atoms with E-state index in [-0.39, 0.29) is 27.6 Å². The van der Waals surface area contributed by atoms with Gasteiger partial charge < -0.3 is 10.2 Å². The van der Waals surface area contributed by atoms with E-state index in [0.29, 0.717) is 6.54 Å². The van der Waals surface area contributed by atoms with Crippen LogP contribution in [0.1, 0.15) is 35.8 Å². The molecular formula is C21H28ClN3O3S. The number of nitrogens with one attached hydrogen (secondary N) is 1. The van der Waals surface area contributed by atoms with Crippen molar-refractivity contribution in [2.45, 2.75) is 30.8 Å². The monoisotopic (exact) mass is 437 g/mol. The van der Waals surface area contributed by atoms with E-state index in [1.54, 1.807) is 13.8 Å². The van der Waals surface area contributed by atoms with Crippen molar-refractivity contribution in [1.82, 2.24) is 14.5 Å². The first-order chi connectivity index (χ1) is 13.6. The molecule has 0 fully saturated rings. The Morgan fingerprint density at radius 2 is 1.69 bits per heavy atom. The molecule has 0 spiro atoms. The van der Waals surface area contributed by atoms with Gasteiger partial charge in [-0.1, -0.05) is 41.9 Å². The second-order valence-electron chi connectivity index (χ2n) is 7.36. The maximum absolute atomic E-state index is 12.8. The van der Waals surface area contributed by atoms with E-state index in [1.165, 1.54) is 29.6 Å². The molecule has 0 saturated heterocycles. The van der Waals surface area contributed by atoms with E-state index < -0.39 is 15.9 Å². The molecule has 1 amide bonds. The predicted octanol–water partition coefficient (Wildman–Crippen LogP) is 3.40. The average Bonchev–Trinajstić information content (AvgIpc) is 2.68. The molecular weight excluding hydrogens is 410 g/mol. The van der Waals surface area contributed by atoms with Crippen LogP contribution >= 0.6 is 11.6 Å². The van der Waals surface area contributed by atoms with Crippen LogP contribution in [0.4, 0.5) is 0 Å². The molecule has 29 heavy (non-hydrogen) atoms.